The summed E-state index contributed by atoms with van der Waals surface area (Å²) in [5, 5.41) is 4.68. The predicted octanol–water partition coefficient (Wildman–Crippen LogP) is 5.04. The number of hydrogen-bond acceptors (Lipinski definition) is 7. The van der Waals surface area contributed by atoms with Crippen molar-refractivity contribution in [1.29, 1.82) is 0 Å². The van der Waals surface area contributed by atoms with Gasteiger partial charge in [0.15, 0.2) is 5.16 Å². The molecule has 0 aliphatic heterocycles. The van der Waals surface area contributed by atoms with Gasteiger partial charge in [-0.25, -0.2) is 9.97 Å². The Morgan fingerprint density at radius 3 is 2.96 bits per heavy atom. The van der Waals surface area contributed by atoms with Crippen LogP contribution in [-0.4, -0.2) is 14.5 Å². The lowest BCUT2D eigenvalue weighted by Crippen LogP contribution is -2.24. The molecule has 1 aliphatic rings. The van der Waals surface area contributed by atoms with Gasteiger partial charge in [-0.15, -0.1) is 22.7 Å². The molecule has 0 spiro atoms. The van der Waals surface area contributed by atoms with E-state index in [4.69, 9.17) is 9.40 Å². The highest BCUT2D eigenvalue weighted by atomic mass is 32.2. The van der Waals surface area contributed by atoms with Crippen LogP contribution < -0.4 is 5.56 Å². The molecule has 4 aromatic heterocycles. The van der Waals surface area contributed by atoms with E-state index >= 15 is 0 Å². The third-order valence-corrected chi connectivity index (χ3v) is 7.97. The van der Waals surface area contributed by atoms with Crippen LogP contribution in [0.1, 0.15) is 39.7 Å². The number of hydrogen-bond donors (Lipinski definition) is 0. The van der Waals surface area contributed by atoms with Gasteiger partial charge in [0.1, 0.15) is 10.6 Å². The Morgan fingerprint density at radius 2 is 2.18 bits per heavy atom. The number of aryl methyl sites for hydroxylation is 3. The summed E-state index contributed by atoms with van der Waals surface area (Å²) in [5.74, 6) is 1.46. The van der Waals surface area contributed by atoms with E-state index in [2.05, 4.69) is 10.4 Å². The van der Waals surface area contributed by atoms with Crippen LogP contribution in [0.2, 0.25) is 0 Å². The Bertz CT molecular complexity index is 1190. The first-order chi connectivity index (χ1) is 13.7. The Kier molecular flexibility index (Phi) is 4.86. The Morgan fingerprint density at radius 1 is 1.29 bits per heavy atom. The van der Waals surface area contributed by atoms with Gasteiger partial charge in [0.05, 0.1) is 28.9 Å². The van der Waals surface area contributed by atoms with Crippen LogP contribution in [0, 0.1) is 6.92 Å². The zero-order chi connectivity index (χ0) is 19.1. The van der Waals surface area contributed by atoms with E-state index in [1.807, 2.05) is 19.1 Å². The summed E-state index contributed by atoms with van der Waals surface area (Å²) in [6.45, 7) is 2.41. The molecule has 0 saturated heterocycles. The molecule has 28 heavy (non-hydrogen) atoms. The van der Waals surface area contributed by atoms with Crippen molar-refractivity contribution >= 4 is 44.7 Å². The predicted molar refractivity (Wildman–Crippen MR) is 115 cm³/mol. The minimum atomic E-state index is 0.0535. The van der Waals surface area contributed by atoms with Gasteiger partial charge in [-0.05, 0) is 50.3 Å². The van der Waals surface area contributed by atoms with Gasteiger partial charge < -0.3 is 4.42 Å². The maximum atomic E-state index is 13.5. The number of fused-ring (bicyclic) bond motifs is 3. The van der Waals surface area contributed by atoms with E-state index in [9.17, 15) is 4.79 Å². The summed E-state index contributed by atoms with van der Waals surface area (Å²) in [7, 11) is 0. The van der Waals surface area contributed by atoms with Crippen LogP contribution in [0.25, 0.3) is 10.2 Å². The van der Waals surface area contributed by atoms with Crippen molar-refractivity contribution in [2.24, 2.45) is 0 Å². The van der Waals surface area contributed by atoms with Gasteiger partial charge in [0, 0.05) is 16.0 Å². The highest BCUT2D eigenvalue weighted by Gasteiger charge is 2.22. The Balaban J connectivity index is 1.60. The fourth-order valence-electron chi connectivity index (χ4n) is 3.64. The van der Waals surface area contributed by atoms with Crippen LogP contribution in [0.4, 0.5) is 0 Å². The molecule has 0 saturated carbocycles. The third-order valence-electron chi connectivity index (χ3n) is 4.95. The summed E-state index contributed by atoms with van der Waals surface area (Å²) >= 11 is 4.91. The number of nitrogens with zero attached hydrogens (tertiary/aromatic N) is 3. The standard InChI is InChI=1S/C20H19N3O2S3/c1-12-21-13(10-26-12)11-27-20-22-18-17(15-6-2-3-7-16(15)28-18)19(24)23(20)9-14-5-4-8-25-14/h4-5,8,10H,2-3,6-7,9,11H2,1H3. The lowest BCUT2D eigenvalue weighted by atomic mass is 9.97. The molecule has 0 bridgehead atoms. The quantitative estimate of drug-likeness (QED) is 0.329. The van der Waals surface area contributed by atoms with Gasteiger partial charge >= 0.3 is 0 Å². The molecule has 0 radical (unpaired) electrons. The Hall–Kier alpha value is -1.90. The van der Waals surface area contributed by atoms with Crippen molar-refractivity contribution < 1.29 is 4.42 Å². The highest BCUT2D eigenvalue weighted by Crippen LogP contribution is 2.35. The van der Waals surface area contributed by atoms with Crippen molar-refractivity contribution in [3.8, 4) is 0 Å². The maximum Gasteiger partial charge on any atom is 0.263 e. The second kappa shape index (κ2) is 7.50. The topological polar surface area (TPSA) is 60.9 Å². The second-order valence-electron chi connectivity index (χ2n) is 6.90. The normalized spacial score (nSPS) is 13.9. The zero-order valence-corrected chi connectivity index (χ0v) is 17.9. The number of rotatable bonds is 5. The molecule has 4 aromatic rings. The summed E-state index contributed by atoms with van der Waals surface area (Å²) in [4.78, 5) is 25.2. The molecule has 0 amide bonds. The molecule has 0 unspecified atom stereocenters. The molecular formula is C20H19N3O2S3. The average Bonchev–Trinajstić information content (AvgIpc) is 3.42. The SMILES string of the molecule is Cc1nc(CSc2nc3sc4c(c3c(=O)n2Cc2ccco2)CCCC4)cs1. The van der Waals surface area contributed by atoms with Crippen LogP contribution in [0.15, 0.2) is 38.1 Å². The van der Waals surface area contributed by atoms with E-state index in [1.54, 1.807) is 45.3 Å². The first-order valence-electron chi connectivity index (χ1n) is 9.30. The molecule has 0 aromatic carbocycles. The van der Waals surface area contributed by atoms with Crippen molar-refractivity contribution in [2.45, 2.75) is 50.1 Å². The van der Waals surface area contributed by atoms with E-state index in [0.717, 1.165) is 51.1 Å². The first kappa shape index (κ1) is 18.1. The van der Waals surface area contributed by atoms with E-state index in [-0.39, 0.29) is 5.56 Å². The van der Waals surface area contributed by atoms with Crippen molar-refractivity contribution in [3.63, 3.8) is 0 Å². The van der Waals surface area contributed by atoms with E-state index < -0.39 is 0 Å². The number of thiazole rings is 1. The molecule has 8 heteroatoms. The van der Waals surface area contributed by atoms with Gasteiger partial charge in [-0.1, -0.05) is 11.8 Å². The average molecular weight is 430 g/mol. The minimum Gasteiger partial charge on any atom is -0.467 e. The molecule has 5 rings (SSSR count). The zero-order valence-electron chi connectivity index (χ0n) is 15.4. The highest BCUT2D eigenvalue weighted by molar-refractivity contribution is 7.98. The van der Waals surface area contributed by atoms with Gasteiger partial charge in [0.25, 0.3) is 5.56 Å². The molecule has 0 atom stereocenters. The lowest BCUT2D eigenvalue weighted by molar-refractivity contribution is 0.476. The summed E-state index contributed by atoms with van der Waals surface area (Å²) in [6, 6.07) is 3.75. The fourth-order valence-corrected chi connectivity index (χ4v) is 6.55. The minimum absolute atomic E-state index is 0.0535. The van der Waals surface area contributed by atoms with Gasteiger partial charge in [0.2, 0.25) is 0 Å². The van der Waals surface area contributed by atoms with Gasteiger partial charge in [-0.2, -0.15) is 0 Å². The maximum absolute atomic E-state index is 13.5. The molecule has 5 nitrogen and oxygen atoms in total. The molecule has 0 N–H and O–H groups in total. The summed E-state index contributed by atoms with van der Waals surface area (Å²) < 4.78 is 7.29. The first-order valence-corrected chi connectivity index (χ1v) is 12.0. The van der Waals surface area contributed by atoms with Gasteiger partial charge in [-0.3, -0.25) is 9.36 Å². The van der Waals surface area contributed by atoms with Crippen LogP contribution in [0.5, 0.6) is 0 Å². The van der Waals surface area contributed by atoms with Crippen molar-refractivity contribution in [3.05, 3.63) is 61.0 Å². The van der Waals surface area contributed by atoms with Crippen LogP contribution in [0.3, 0.4) is 0 Å². The van der Waals surface area contributed by atoms with Crippen molar-refractivity contribution in [2.75, 3.05) is 0 Å². The summed E-state index contributed by atoms with van der Waals surface area (Å²) in [5.41, 5.74) is 2.30. The van der Waals surface area contributed by atoms with E-state index in [1.165, 1.54) is 16.9 Å². The fraction of sp³-hybridized carbons (Fsp3) is 0.350. The van der Waals surface area contributed by atoms with Crippen LogP contribution in [-0.2, 0) is 25.1 Å². The number of furan rings is 1. The largest absolute Gasteiger partial charge is 0.467 e. The van der Waals surface area contributed by atoms with Crippen LogP contribution >= 0.6 is 34.4 Å². The smallest absolute Gasteiger partial charge is 0.263 e. The number of aromatic nitrogens is 3. The third kappa shape index (κ3) is 3.33. The molecule has 4 heterocycles. The monoisotopic (exact) mass is 429 g/mol. The molecule has 0 fully saturated rings. The summed E-state index contributed by atoms with van der Waals surface area (Å²) in [6.07, 6.45) is 6.04. The molecule has 1 aliphatic carbocycles. The lowest BCUT2D eigenvalue weighted by Gasteiger charge is -2.12. The van der Waals surface area contributed by atoms with E-state index in [0.29, 0.717) is 12.3 Å². The Labute approximate surface area is 174 Å². The number of thiophene rings is 1. The molecule has 144 valence electrons. The molecular weight excluding hydrogens is 410 g/mol. The second-order valence-corrected chi connectivity index (χ2v) is 9.99. The number of thioether (sulfide) groups is 1. The van der Waals surface area contributed by atoms with Crippen molar-refractivity contribution in [1.82, 2.24) is 14.5 Å².